The maximum Gasteiger partial charge on any atom is 0.0358 e. The van der Waals surface area contributed by atoms with Crippen LogP contribution in [0.2, 0.25) is 0 Å². The molecule has 3 aliphatic carbocycles. The molecule has 0 nitrogen and oxygen atoms in total. The van der Waals surface area contributed by atoms with Crippen LogP contribution in [0.3, 0.4) is 0 Å². The molecule has 0 atom stereocenters. The van der Waals surface area contributed by atoms with E-state index in [0.717, 1.165) is 32.1 Å². The van der Waals surface area contributed by atoms with Gasteiger partial charge in [0.15, 0.2) is 0 Å². The van der Waals surface area contributed by atoms with E-state index in [1.165, 1.54) is 86.9 Å². The molecule has 0 saturated carbocycles. The summed E-state index contributed by atoms with van der Waals surface area (Å²) in [6, 6.07) is 32.3. The Hall–Kier alpha value is -4.46. The van der Waals surface area contributed by atoms with Gasteiger partial charge in [0.2, 0.25) is 0 Å². The second-order valence-electron chi connectivity index (χ2n) is 11.8. The molecule has 200 valence electrons. The van der Waals surface area contributed by atoms with E-state index in [1.54, 1.807) is 0 Å². The van der Waals surface area contributed by atoms with Crippen LogP contribution < -0.4 is 0 Å². The molecule has 0 unspecified atom stereocenters. The summed E-state index contributed by atoms with van der Waals surface area (Å²) in [7, 11) is 0. The van der Waals surface area contributed by atoms with Crippen LogP contribution in [0.15, 0.2) is 103 Å². The Labute approximate surface area is 251 Å². The van der Waals surface area contributed by atoms with E-state index in [2.05, 4.69) is 121 Å². The Kier molecular flexibility index (Phi) is 5.49. The summed E-state index contributed by atoms with van der Waals surface area (Å²) in [5, 5.41) is 4.17. The zero-order valence-electron chi connectivity index (χ0n) is 23.5. The van der Waals surface area contributed by atoms with E-state index >= 15 is 0 Å². The number of benzene rings is 5. The average Bonchev–Trinajstić information content (AvgIpc) is 3.68. The van der Waals surface area contributed by atoms with Gasteiger partial charge in [-0.15, -0.1) is 11.3 Å². The molecular weight excluding hydrogens is 525 g/mol. The lowest BCUT2D eigenvalue weighted by Gasteiger charge is -2.20. The van der Waals surface area contributed by atoms with Gasteiger partial charge in [0.25, 0.3) is 0 Å². The first kappa shape index (κ1) is 24.2. The quantitative estimate of drug-likeness (QED) is 0.204. The number of aryl methyl sites for hydroxylation is 2. The summed E-state index contributed by atoms with van der Waals surface area (Å²) < 4.78 is 1.41. The molecule has 3 aliphatic rings. The molecule has 0 spiro atoms. The van der Waals surface area contributed by atoms with Crippen LogP contribution >= 0.6 is 11.3 Å². The minimum atomic E-state index is 0.979. The van der Waals surface area contributed by atoms with Gasteiger partial charge in [-0.25, -0.2) is 0 Å². The maximum absolute atomic E-state index is 2.39. The summed E-state index contributed by atoms with van der Waals surface area (Å²) in [4.78, 5) is 1.44. The van der Waals surface area contributed by atoms with E-state index in [4.69, 9.17) is 0 Å². The number of hydrogen-bond acceptors (Lipinski definition) is 1. The molecule has 0 fully saturated rings. The Bertz CT molecular complexity index is 2150. The highest BCUT2D eigenvalue weighted by molar-refractivity contribution is 7.20. The normalized spacial score (nSPS) is 14.9. The van der Waals surface area contributed by atoms with Gasteiger partial charge < -0.3 is 0 Å². The van der Waals surface area contributed by atoms with Crippen molar-refractivity contribution in [1.29, 1.82) is 0 Å². The van der Waals surface area contributed by atoms with Gasteiger partial charge in [0, 0.05) is 15.0 Å². The topological polar surface area (TPSA) is 0 Å². The van der Waals surface area contributed by atoms with Crippen molar-refractivity contribution in [2.75, 3.05) is 0 Å². The molecule has 0 N–H and O–H groups in total. The van der Waals surface area contributed by atoms with Crippen LogP contribution in [0, 0.1) is 0 Å². The largest absolute Gasteiger partial charge is 0.136 e. The maximum atomic E-state index is 2.39. The molecular formula is C41H30S. The highest BCUT2D eigenvalue weighted by Crippen LogP contribution is 2.49. The number of fused-ring (bicyclic) bond motifs is 6. The smallest absolute Gasteiger partial charge is 0.0358 e. The molecule has 5 aromatic carbocycles. The lowest BCUT2D eigenvalue weighted by atomic mass is 9.83. The molecule has 9 rings (SSSR count). The molecule has 0 saturated heterocycles. The van der Waals surface area contributed by atoms with Crippen molar-refractivity contribution in [2.24, 2.45) is 0 Å². The van der Waals surface area contributed by atoms with Crippen LogP contribution in [-0.2, 0) is 19.3 Å². The van der Waals surface area contributed by atoms with Gasteiger partial charge in [0.1, 0.15) is 0 Å². The van der Waals surface area contributed by atoms with E-state index in [1.807, 2.05) is 11.3 Å². The summed E-state index contributed by atoms with van der Waals surface area (Å²) in [5.74, 6) is 0. The molecule has 0 amide bonds. The van der Waals surface area contributed by atoms with Gasteiger partial charge in [-0.3, -0.25) is 0 Å². The number of allylic oxidation sites excluding steroid dienone is 3. The summed E-state index contributed by atoms with van der Waals surface area (Å²) >= 11 is 1.95. The van der Waals surface area contributed by atoms with Crippen molar-refractivity contribution in [1.82, 2.24) is 0 Å². The Morgan fingerprint density at radius 2 is 1.36 bits per heavy atom. The highest BCUT2D eigenvalue weighted by atomic mass is 32.1. The zero-order chi connectivity index (χ0) is 27.6. The molecule has 0 bridgehead atoms. The van der Waals surface area contributed by atoms with E-state index in [0.29, 0.717) is 0 Å². The second-order valence-corrected chi connectivity index (χ2v) is 12.9. The predicted octanol–water partition coefficient (Wildman–Crippen LogP) is 11.5. The molecule has 0 radical (unpaired) electrons. The Balaban J connectivity index is 1.23. The van der Waals surface area contributed by atoms with Gasteiger partial charge in [-0.2, -0.15) is 0 Å². The van der Waals surface area contributed by atoms with Crippen LogP contribution in [-0.4, -0.2) is 0 Å². The fourth-order valence-corrected chi connectivity index (χ4v) is 8.71. The zero-order valence-corrected chi connectivity index (χ0v) is 24.3. The molecule has 42 heavy (non-hydrogen) atoms. The van der Waals surface area contributed by atoms with Crippen molar-refractivity contribution in [3.8, 4) is 33.4 Å². The second kappa shape index (κ2) is 9.54. The minimum absolute atomic E-state index is 0.979. The number of hydrogen-bond donors (Lipinski definition) is 0. The monoisotopic (exact) mass is 554 g/mol. The van der Waals surface area contributed by atoms with Crippen molar-refractivity contribution in [3.63, 3.8) is 0 Å². The van der Waals surface area contributed by atoms with Gasteiger partial charge in [-0.05, 0) is 116 Å². The SMILES string of the molecule is C1=Cc2ccc(-c3ccc(-c4c5c(c(-c6cccc7sc8c(c67)CCC=C8)c6ccccc46)CC=C5)cc3)cc2CC1. The third-order valence-electron chi connectivity index (χ3n) is 9.44. The van der Waals surface area contributed by atoms with Crippen LogP contribution in [0.4, 0.5) is 0 Å². The van der Waals surface area contributed by atoms with Crippen molar-refractivity contribution >= 4 is 50.4 Å². The number of thiophene rings is 1. The fourth-order valence-electron chi connectivity index (χ4n) is 7.50. The van der Waals surface area contributed by atoms with Crippen LogP contribution in [0.1, 0.15) is 45.5 Å². The molecule has 0 aliphatic heterocycles. The average molecular weight is 555 g/mol. The first-order chi connectivity index (χ1) is 20.8. The first-order valence-electron chi connectivity index (χ1n) is 15.2. The van der Waals surface area contributed by atoms with Crippen molar-refractivity contribution in [3.05, 3.63) is 136 Å². The highest BCUT2D eigenvalue weighted by Gasteiger charge is 2.25. The Morgan fingerprint density at radius 3 is 2.26 bits per heavy atom. The third kappa shape index (κ3) is 3.67. The summed E-state index contributed by atoms with van der Waals surface area (Å²) in [6.45, 7) is 0. The van der Waals surface area contributed by atoms with E-state index < -0.39 is 0 Å². The van der Waals surface area contributed by atoms with Crippen LogP contribution in [0.25, 0.3) is 72.5 Å². The van der Waals surface area contributed by atoms with Gasteiger partial charge in [0.05, 0.1) is 0 Å². The van der Waals surface area contributed by atoms with E-state index in [-0.39, 0.29) is 0 Å². The first-order valence-corrected chi connectivity index (χ1v) is 16.0. The minimum Gasteiger partial charge on any atom is -0.136 e. The predicted molar refractivity (Wildman–Crippen MR) is 183 cm³/mol. The molecule has 1 heterocycles. The fraction of sp³-hybridized carbons (Fsp3) is 0.122. The lowest BCUT2D eigenvalue weighted by Crippen LogP contribution is -1.98. The van der Waals surface area contributed by atoms with Crippen molar-refractivity contribution in [2.45, 2.75) is 32.1 Å². The standard InChI is InChI=1S/C41H30S/c1-2-10-29-25-30(24-21-26(29)9-1)27-19-22-28(23-20-27)39-31-11-3-4-12-33(31)40(34-15-7-14-32(34)39)36-16-8-18-38-41(36)35-13-5-6-17-37(35)42-38/h1,3-4,6-9,11-12,14,16-25H,2,5,10,13,15H2. The van der Waals surface area contributed by atoms with Crippen LogP contribution in [0.5, 0.6) is 0 Å². The van der Waals surface area contributed by atoms with E-state index in [9.17, 15) is 0 Å². The molecule has 1 aromatic heterocycles. The lowest BCUT2D eigenvalue weighted by molar-refractivity contribution is 0.986. The molecule has 1 heteroatoms. The van der Waals surface area contributed by atoms with Gasteiger partial charge >= 0.3 is 0 Å². The summed E-state index contributed by atoms with van der Waals surface area (Å²) in [5.41, 5.74) is 15.3. The Morgan fingerprint density at radius 1 is 0.571 bits per heavy atom. The number of rotatable bonds is 3. The molecule has 6 aromatic rings. The van der Waals surface area contributed by atoms with Gasteiger partial charge in [-0.1, -0.05) is 109 Å². The summed E-state index contributed by atoms with van der Waals surface area (Å²) in [6.07, 6.45) is 19.5. The third-order valence-corrected chi connectivity index (χ3v) is 10.6. The van der Waals surface area contributed by atoms with Crippen molar-refractivity contribution < 1.29 is 0 Å².